The number of rotatable bonds is 4. The molecule has 7 heteroatoms. The molecule has 0 saturated heterocycles. The van der Waals surface area contributed by atoms with Crippen molar-refractivity contribution >= 4 is 27.5 Å². The van der Waals surface area contributed by atoms with E-state index in [1.54, 1.807) is 6.92 Å². The summed E-state index contributed by atoms with van der Waals surface area (Å²) in [7, 11) is 0. The molecule has 4 N–H and O–H groups in total. The van der Waals surface area contributed by atoms with Crippen LogP contribution in [0.2, 0.25) is 0 Å². The van der Waals surface area contributed by atoms with Crippen LogP contribution in [0.25, 0.3) is 0 Å². The Bertz CT molecular complexity index is 417. The highest BCUT2D eigenvalue weighted by Gasteiger charge is 2.13. The van der Waals surface area contributed by atoms with Crippen molar-refractivity contribution in [3.8, 4) is 0 Å². The van der Waals surface area contributed by atoms with Crippen molar-refractivity contribution in [3.63, 3.8) is 0 Å². The van der Waals surface area contributed by atoms with Gasteiger partial charge in [0.2, 0.25) is 0 Å². The minimum atomic E-state index is -0.705. The highest BCUT2D eigenvalue weighted by Crippen LogP contribution is 2.23. The van der Waals surface area contributed by atoms with E-state index in [1.165, 1.54) is 0 Å². The molecule has 17 heavy (non-hydrogen) atoms. The summed E-state index contributed by atoms with van der Waals surface area (Å²) in [5.74, 6) is -1.76. The van der Waals surface area contributed by atoms with Crippen molar-refractivity contribution in [2.75, 3.05) is 11.9 Å². The zero-order valence-corrected chi connectivity index (χ0v) is 10.6. The van der Waals surface area contributed by atoms with Crippen LogP contribution in [0.4, 0.5) is 14.5 Å². The largest absolute Gasteiger partial charge is 0.409 e. The van der Waals surface area contributed by atoms with Crippen LogP contribution in [0, 0.1) is 17.6 Å². The molecule has 94 valence electrons. The molecule has 0 spiro atoms. The van der Waals surface area contributed by atoms with Crippen molar-refractivity contribution in [1.82, 2.24) is 0 Å². The van der Waals surface area contributed by atoms with E-state index < -0.39 is 11.6 Å². The van der Waals surface area contributed by atoms with Gasteiger partial charge in [0.1, 0.15) is 23.2 Å². The first-order chi connectivity index (χ1) is 7.95. The van der Waals surface area contributed by atoms with Gasteiger partial charge in [-0.3, -0.25) is 0 Å². The Hall–Kier alpha value is -1.37. The summed E-state index contributed by atoms with van der Waals surface area (Å²) in [6, 6.07) is 2.30. The summed E-state index contributed by atoms with van der Waals surface area (Å²) in [4.78, 5) is 0. The molecule has 0 aromatic heterocycles. The topological polar surface area (TPSA) is 70.6 Å². The van der Waals surface area contributed by atoms with Gasteiger partial charge < -0.3 is 16.3 Å². The molecule has 0 amide bonds. The van der Waals surface area contributed by atoms with Crippen LogP contribution in [-0.4, -0.2) is 17.6 Å². The number of halogens is 3. The molecule has 0 saturated carbocycles. The van der Waals surface area contributed by atoms with Gasteiger partial charge in [-0.1, -0.05) is 28.0 Å². The van der Waals surface area contributed by atoms with Crippen LogP contribution in [0.5, 0.6) is 0 Å². The molecule has 1 unspecified atom stereocenters. The normalized spacial score (nSPS) is 13.5. The van der Waals surface area contributed by atoms with Gasteiger partial charge in [0, 0.05) is 16.9 Å². The second-order valence-corrected chi connectivity index (χ2v) is 4.47. The maximum atomic E-state index is 13.4. The second-order valence-electron chi connectivity index (χ2n) is 3.55. The molecule has 1 aromatic carbocycles. The zero-order valence-electron chi connectivity index (χ0n) is 9.04. The fourth-order valence-corrected chi connectivity index (χ4v) is 1.57. The highest BCUT2D eigenvalue weighted by molar-refractivity contribution is 9.10. The van der Waals surface area contributed by atoms with Crippen LogP contribution in [-0.2, 0) is 0 Å². The van der Waals surface area contributed by atoms with Gasteiger partial charge in [0.15, 0.2) is 0 Å². The van der Waals surface area contributed by atoms with Crippen LogP contribution in [0.15, 0.2) is 21.8 Å². The molecule has 1 atom stereocenters. The molecule has 0 fully saturated rings. The number of hydrogen-bond donors (Lipinski definition) is 3. The third-order valence-electron chi connectivity index (χ3n) is 2.21. The molecule has 0 radical (unpaired) electrons. The van der Waals surface area contributed by atoms with Gasteiger partial charge >= 0.3 is 0 Å². The van der Waals surface area contributed by atoms with E-state index in [2.05, 4.69) is 26.4 Å². The van der Waals surface area contributed by atoms with E-state index in [1.807, 2.05) is 0 Å². The van der Waals surface area contributed by atoms with Crippen LogP contribution < -0.4 is 11.1 Å². The van der Waals surface area contributed by atoms with E-state index in [0.717, 1.165) is 12.1 Å². The first-order valence-electron chi connectivity index (χ1n) is 4.81. The number of amidine groups is 1. The summed E-state index contributed by atoms with van der Waals surface area (Å²) in [6.45, 7) is 1.82. The number of anilines is 1. The highest BCUT2D eigenvalue weighted by atomic mass is 79.9. The molecule has 0 aliphatic rings. The zero-order chi connectivity index (χ0) is 13.0. The Balaban J connectivity index is 2.76. The fraction of sp³-hybridized carbons (Fsp3) is 0.300. The van der Waals surface area contributed by atoms with Crippen LogP contribution in [0.1, 0.15) is 6.92 Å². The lowest BCUT2D eigenvalue weighted by molar-refractivity contribution is 0.315. The van der Waals surface area contributed by atoms with Crippen LogP contribution in [0.3, 0.4) is 0 Å². The molecule has 0 aliphatic carbocycles. The maximum Gasteiger partial charge on any atom is 0.150 e. The smallest absolute Gasteiger partial charge is 0.150 e. The first-order valence-corrected chi connectivity index (χ1v) is 5.60. The van der Waals surface area contributed by atoms with E-state index in [0.29, 0.717) is 4.47 Å². The average Bonchev–Trinajstić information content (AvgIpc) is 2.26. The van der Waals surface area contributed by atoms with E-state index in [4.69, 9.17) is 10.9 Å². The maximum absolute atomic E-state index is 13.4. The van der Waals surface area contributed by atoms with Crippen molar-refractivity contribution in [3.05, 3.63) is 28.2 Å². The lowest BCUT2D eigenvalue weighted by Gasteiger charge is -2.13. The summed E-state index contributed by atoms with van der Waals surface area (Å²) in [5.41, 5.74) is 5.12. The predicted molar refractivity (Wildman–Crippen MR) is 65.1 cm³/mol. The van der Waals surface area contributed by atoms with E-state index >= 15 is 0 Å². The number of benzene rings is 1. The van der Waals surface area contributed by atoms with E-state index in [9.17, 15) is 8.78 Å². The monoisotopic (exact) mass is 307 g/mol. The Kier molecular flexibility index (Phi) is 4.68. The lowest BCUT2D eigenvalue weighted by Crippen LogP contribution is -2.27. The first kappa shape index (κ1) is 13.7. The summed E-state index contributed by atoms with van der Waals surface area (Å²) in [6.07, 6.45) is 0. The van der Waals surface area contributed by atoms with Gasteiger partial charge in [-0.2, -0.15) is 0 Å². The molecule has 0 bridgehead atoms. The number of nitrogens with zero attached hydrogens (tertiary/aromatic N) is 1. The number of nitrogens with one attached hydrogen (secondary N) is 1. The summed E-state index contributed by atoms with van der Waals surface area (Å²) in [5, 5.41) is 13.8. The Labute approximate surface area is 106 Å². The Morgan fingerprint density at radius 2 is 2.06 bits per heavy atom. The number of oxime groups is 1. The quantitative estimate of drug-likeness (QED) is 0.346. The van der Waals surface area contributed by atoms with Crippen LogP contribution >= 0.6 is 15.9 Å². The molecular weight excluding hydrogens is 296 g/mol. The molecule has 4 nitrogen and oxygen atoms in total. The van der Waals surface area contributed by atoms with E-state index in [-0.39, 0.29) is 24.0 Å². The van der Waals surface area contributed by atoms with Crippen molar-refractivity contribution in [2.45, 2.75) is 6.92 Å². The van der Waals surface area contributed by atoms with Crippen molar-refractivity contribution in [1.29, 1.82) is 0 Å². The molecule has 0 aliphatic heterocycles. The second kappa shape index (κ2) is 5.81. The number of hydrogen-bond acceptors (Lipinski definition) is 3. The van der Waals surface area contributed by atoms with Crippen molar-refractivity contribution < 1.29 is 14.0 Å². The van der Waals surface area contributed by atoms with Gasteiger partial charge in [-0.15, -0.1) is 0 Å². The fourth-order valence-electron chi connectivity index (χ4n) is 1.17. The SMILES string of the molecule is CC(CNc1c(F)cc(Br)cc1F)C(N)=NO. The minimum Gasteiger partial charge on any atom is -0.409 e. The molecule has 0 heterocycles. The third kappa shape index (κ3) is 3.55. The Morgan fingerprint density at radius 1 is 1.53 bits per heavy atom. The summed E-state index contributed by atoms with van der Waals surface area (Å²) < 4.78 is 27.1. The predicted octanol–water partition coefficient (Wildman–Crippen LogP) is 2.52. The average molecular weight is 308 g/mol. The van der Waals surface area contributed by atoms with Gasteiger partial charge in [-0.05, 0) is 12.1 Å². The Morgan fingerprint density at radius 3 is 2.53 bits per heavy atom. The van der Waals surface area contributed by atoms with Crippen molar-refractivity contribution in [2.24, 2.45) is 16.8 Å². The number of nitrogens with two attached hydrogens (primary N) is 1. The minimum absolute atomic E-state index is 0.00423. The lowest BCUT2D eigenvalue weighted by atomic mass is 10.1. The molecular formula is C10H12BrF2N3O. The van der Waals surface area contributed by atoms with Gasteiger partial charge in [0.25, 0.3) is 0 Å². The summed E-state index contributed by atoms with van der Waals surface area (Å²) >= 11 is 2.98. The van der Waals surface area contributed by atoms with Gasteiger partial charge in [-0.25, -0.2) is 8.78 Å². The molecule has 1 rings (SSSR count). The van der Waals surface area contributed by atoms with Gasteiger partial charge in [0.05, 0.1) is 0 Å². The standard InChI is InChI=1S/C10H12BrF2N3O/c1-5(10(14)16-17)4-15-9-7(12)2-6(11)3-8(9)13/h2-3,5,15,17H,4H2,1H3,(H2,14,16). The third-order valence-corrected chi connectivity index (χ3v) is 2.67. The molecule has 1 aromatic rings.